The highest BCUT2D eigenvalue weighted by Gasteiger charge is 2.43. The molecule has 5 N–H and O–H groups in total. The molecule has 1 aliphatic heterocycles. The predicted octanol–water partition coefficient (Wildman–Crippen LogP) is 0.205. The van der Waals surface area contributed by atoms with Crippen LogP contribution in [0.5, 0.6) is 0 Å². The summed E-state index contributed by atoms with van der Waals surface area (Å²) < 4.78 is 5.31. The molecule has 6 nitrogen and oxygen atoms in total. The van der Waals surface area contributed by atoms with E-state index in [1.807, 2.05) is 0 Å². The van der Waals surface area contributed by atoms with E-state index in [0.717, 1.165) is 0 Å². The van der Waals surface area contributed by atoms with E-state index in [-0.39, 0.29) is 0 Å². The SMILES string of the molecule is OC[C@H]1OC(Nc2cc(Cl)ccc2Cl)[C@H](O)[C@@H](O)[C@@H]1O. The second kappa shape index (κ2) is 6.44. The highest BCUT2D eigenvalue weighted by Crippen LogP contribution is 2.29. The van der Waals surface area contributed by atoms with Crippen LogP contribution < -0.4 is 5.32 Å². The largest absolute Gasteiger partial charge is 0.394 e. The molecule has 0 radical (unpaired) electrons. The topological polar surface area (TPSA) is 102 Å². The van der Waals surface area contributed by atoms with E-state index in [1.54, 1.807) is 12.1 Å². The van der Waals surface area contributed by atoms with Gasteiger partial charge < -0.3 is 30.5 Å². The Morgan fingerprint density at radius 1 is 1.10 bits per heavy atom. The van der Waals surface area contributed by atoms with Crippen LogP contribution in [0.1, 0.15) is 0 Å². The lowest BCUT2D eigenvalue weighted by atomic mass is 9.98. The molecule has 2 rings (SSSR count). The maximum atomic E-state index is 9.89. The van der Waals surface area contributed by atoms with Crippen molar-refractivity contribution in [2.45, 2.75) is 30.6 Å². The van der Waals surface area contributed by atoms with E-state index in [4.69, 9.17) is 33.0 Å². The number of aliphatic hydroxyl groups is 4. The molecule has 0 aliphatic carbocycles. The lowest BCUT2D eigenvalue weighted by Gasteiger charge is -2.40. The first-order valence-electron chi connectivity index (χ1n) is 5.96. The zero-order chi connectivity index (χ0) is 14.9. The summed E-state index contributed by atoms with van der Waals surface area (Å²) in [6.07, 6.45) is -6.26. The number of rotatable bonds is 3. The zero-order valence-electron chi connectivity index (χ0n) is 10.3. The average Bonchev–Trinajstić information content (AvgIpc) is 2.43. The minimum atomic E-state index is -1.45. The molecule has 112 valence electrons. The van der Waals surface area contributed by atoms with Crippen molar-refractivity contribution in [3.8, 4) is 0 Å². The summed E-state index contributed by atoms with van der Waals surface area (Å²) in [5.74, 6) is 0. The van der Waals surface area contributed by atoms with E-state index in [2.05, 4.69) is 5.32 Å². The van der Waals surface area contributed by atoms with Gasteiger partial charge in [0.1, 0.15) is 24.4 Å². The maximum Gasteiger partial charge on any atom is 0.157 e. The van der Waals surface area contributed by atoms with Gasteiger partial charge in [0.2, 0.25) is 0 Å². The quantitative estimate of drug-likeness (QED) is 0.545. The summed E-state index contributed by atoms with van der Waals surface area (Å²) in [6.45, 7) is -0.494. The fourth-order valence-electron chi connectivity index (χ4n) is 1.98. The lowest BCUT2D eigenvalue weighted by Crippen LogP contribution is -2.60. The molecule has 1 aromatic rings. The normalized spacial score (nSPS) is 34.0. The fourth-order valence-corrected chi connectivity index (χ4v) is 2.33. The molecule has 0 aromatic heterocycles. The lowest BCUT2D eigenvalue weighted by molar-refractivity contribution is -0.221. The Hall–Kier alpha value is -0.600. The van der Waals surface area contributed by atoms with Gasteiger partial charge in [-0.2, -0.15) is 0 Å². The molecular weight excluding hydrogens is 309 g/mol. The Kier molecular flexibility index (Phi) is 5.09. The van der Waals surface area contributed by atoms with Crippen molar-refractivity contribution >= 4 is 28.9 Å². The third kappa shape index (κ3) is 3.17. The van der Waals surface area contributed by atoms with Gasteiger partial charge in [0.25, 0.3) is 0 Å². The molecule has 1 heterocycles. The first kappa shape index (κ1) is 15.8. The Balaban J connectivity index is 2.17. The Morgan fingerprint density at radius 3 is 2.45 bits per heavy atom. The second-order valence-corrected chi connectivity index (χ2v) is 5.36. The molecular formula is C12H15Cl2NO5. The van der Waals surface area contributed by atoms with Crippen molar-refractivity contribution in [1.82, 2.24) is 0 Å². The van der Waals surface area contributed by atoms with Crippen LogP contribution in [0.25, 0.3) is 0 Å². The highest BCUT2D eigenvalue weighted by molar-refractivity contribution is 6.35. The zero-order valence-corrected chi connectivity index (χ0v) is 11.8. The van der Waals surface area contributed by atoms with Gasteiger partial charge in [-0.15, -0.1) is 0 Å². The van der Waals surface area contributed by atoms with E-state index in [0.29, 0.717) is 15.7 Å². The van der Waals surface area contributed by atoms with Gasteiger partial charge in [0.15, 0.2) is 6.23 Å². The standard InChI is InChI=1S/C12H15Cl2NO5/c13-5-1-2-6(14)7(3-5)15-12-11(19)10(18)9(17)8(4-16)20-12/h1-3,8-12,15-19H,4H2/t8-,9-,10+,11-,12?/m1/s1. The monoisotopic (exact) mass is 323 g/mol. The summed E-state index contributed by atoms with van der Waals surface area (Å²) >= 11 is 11.8. The summed E-state index contributed by atoms with van der Waals surface area (Å²) in [6, 6.07) is 4.70. The van der Waals surface area contributed by atoms with Crippen LogP contribution in [0.2, 0.25) is 10.0 Å². The maximum absolute atomic E-state index is 9.89. The van der Waals surface area contributed by atoms with Crippen molar-refractivity contribution in [2.75, 3.05) is 11.9 Å². The minimum absolute atomic E-state index is 0.353. The van der Waals surface area contributed by atoms with Gasteiger partial charge in [0.05, 0.1) is 17.3 Å². The fraction of sp³-hybridized carbons (Fsp3) is 0.500. The van der Waals surface area contributed by atoms with Crippen LogP contribution >= 0.6 is 23.2 Å². The number of benzene rings is 1. The van der Waals surface area contributed by atoms with E-state index >= 15 is 0 Å². The van der Waals surface area contributed by atoms with Gasteiger partial charge in [-0.3, -0.25) is 0 Å². The molecule has 5 atom stereocenters. The van der Waals surface area contributed by atoms with Crippen LogP contribution in [-0.2, 0) is 4.74 Å². The molecule has 8 heteroatoms. The van der Waals surface area contributed by atoms with E-state index in [1.165, 1.54) is 6.07 Å². The van der Waals surface area contributed by atoms with Crippen molar-refractivity contribution in [3.05, 3.63) is 28.2 Å². The van der Waals surface area contributed by atoms with Gasteiger partial charge >= 0.3 is 0 Å². The Bertz CT molecular complexity index is 473. The van der Waals surface area contributed by atoms with Crippen molar-refractivity contribution < 1.29 is 25.2 Å². The smallest absolute Gasteiger partial charge is 0.157 e. The molecule has 1 saturated heterocycles. The molecule has 0 bridgehead atoms. The Morgan fingerprint density at radius 2 is 1.80 bits per heavy atom. The Labute approximate surface area is 125 Å². The number of hydrogen-bond acceptors (Lipinski definition) is 6. The molecule has 0 spiro atoms. The third-order valence-corrected chi connectivity index (χ3v) is 3.68. The van der Waals surface area contributed by atoms with Crippen molar-refractivity contribution in [2.24, 2.45) is 0 Å². The molecule has 20 heavy (non-hydrogen) atoms. The van der Waals surface area contributed by atoms with Crippen LogP contribution in [0.3, 0.4) is 0 Å². The van der Waals surface area contributed by atoms with Gasteiger partial charge in [-0.25, -0.2) is 0 Å². The second-order valence-electron chi connectivity index (χ2n) is 4.52. The molecule has 1 aromatic carbocycles. The number of hydrogen-bond donors (Lipinski definition) is 5. The third-order valence-electron chi connectivity index (χ3n) is 3.12. The predicted molar refractivity (Wildman–Crippen MR) is 73.9 cm³/mol. The number of anilines is 1. The average molecular weight is 324 g/mol. The first-order valence-corrected chi connectivity index (χ1v) is 6.71. The summed E-state index contributed by atoms with van der Waals surface area (Å²) in [4.78, 5) is 0. The number of ether oxygens (including phenoxy) is 1. The molecule has 1 aliphatic rings. The molecule has 1 fully saturated rings. The van der Waals surface area contributed by atoms with Crippen LogP contribution in [0.15, 0.2) is 18.2 Å². The highest BCUT2D eigenvalue weighted by atomic mass is 35.5. The molecule has 0 saturated carbocycles. The number of aliphatic hydroxyl groups excluding tert-OH is 4. The van der Waals surface area contributed by atoms with E-state index in [9.17, 15) is 15.3 Å². The number of halogens is 2. The van der Waals surface area contributed by atoms with Gasteiger partial charge in [-0.1, -0.05) is 23.2 Å². The summed E-state index contributed by atoms with van der Waals surface area (Å²) in [7, 11) is 0. The minimum Gasteiger partial charge on any atom is -0.394 e. The first-order chi connectivity index (χ1) is 9.43. The molecule has 0 amide bonds. The van der Waals surface area contributed by atoms with Crippen LogP contribution in [-0.4, -0.2) is 57.7 Å². The van der Waals surface area contributed by atoms with Gasteiger partial charge in [0, 0.05) is 5.02 Å². The number of nitrogens with one attached hydrogen (secondary N) is 1. The summed E-state index contributed by atoms with van der Waals surface area (Å²) in [5, 5.41) is 41.9. The van der Waals surface area contributed by atoms with Crippen LogP contribution in [0.4, 0.5) is 5.69 Å². The van der Waals surface area contributed by atoms with Crippen LogP contribution in [0, 0.1) is 0 Å². The van der Waals surface area contributed by atoms with E-state index < -0.39 is 37.3 Å². The molecule has 1 unspecified atom stereocenters. The van der Waals surface area contributed by atoms with Crippen molar-refractivity contribution in [1.29, 1.82) is 0 Å². The summed E-state index contributed by atoms with van der Waals surface area (Å²) in [5.41, 5.74) is 0.406. The van der Waals surface area contributed by atoms with Crippen molar-refractivity contribution in [3.63, 3.8) is 0 Å². The van der Waals surface area contributed by atoms with Gasteiger partial charge in [-0.05, 0) is 18.2 Å².